The molecule has 7 aliphatic rings. The molecule has 1 aliphatic heterocycles. The lowest BCUT2D eigenvalue weighted by Crippen LogP contribution is -2.68. The van der Waals surface area contributed by atoms with Crippen molar-refractivity contribution >= 4 is 15.8 Å². The van der Waals surface area contributed by atoms with Crippen LogP contribution in [-0.2, 0) is 19.4 Å². The number of fused-ring (bicyclic) bond motifs is 7. The third kappa shape index (κ3) is 6.19. The normalized spacial score (nSPS) is 44.7. The van der Waals surface area contributed by atoms with Crippen molar-refractivity contribution in [3.05, 3.63) is 35.5 Å². The molecule has 6 aliphatic carbocycles. The van der Waals surface area contributed by atoms with Crippen LogP contribution in [0.25, 0.3) is 0 Å². The third-order valence-corrected chi connectivity index (χ3v) is 19.5. The maximum absolute atomic E-state index is 14.4. The molecule has 6 nitrogen and oxygen atoms in total. The average molecular weight is 755 g/mol. The highest BCUT2D eigenvalue weighted by atomic mass is 32.2. The summed E-state index contributed by atoms with van der Waals surface area (Å²) in [6.07, 6.45) is 17.6. The molecule has 10 atom stereocenters. The summed E-state index contributed by atoms with van der Waals surface area (Å²) in [7, 11) is -2.87. The maximum atomic E-state index is 14.4. The summed E-state index contributed by atoms with van der Waals surface area (Å²) in [4.78, 5) is 15.2. The van der Waals surface area contributed by atoms with Crippen molar-refractivity contribution in [3.8, 4) is 0 Å². The molecule has 0 aromatic rings. The largest absolute Gasteiger partial charge is 0.465 e. The Balaban J connectivity index is 1.12. The highest BCUT2D eigenvalue weighted by Crippen LogP contribution is 2.76. The van der Waals surface area contributed by atoms with Crippen LogP contribution >= 0.6 is 0 Å². The second-order valence-electron chi connectivity index (χ2n) is 20.4. The second kappa shape index (κ2) is 13.9. The van der Waals surface area contributed by atoms with E-state index in [4.69, 9.17) is 4.74 Å². The zero-order valence-electron chi connectivity index (χ0n) is 34.3. The van der Waals surface area contributed by atoms with Gasteiger partial charge in [-0.3, -0.25) is 4.79 Å². The number of halogens is 1. The number of allylic oxidation sites excluding steroid dienone is 5. The van der Waals surface area contributed by atoms with E-state index in [1.807, 2.05) is 0 Å². The Morgan fingerprint density at radius 1 is 0.943 bits per heavy atom. The minimum Gasteiger partial charge on any atom is -0.465 e. The molecule has 1 saturated heterocycles. The zero-order chi connectivity index (χ0) is 38.2. The van der Waals surface area contributed by atoms with Crippen molar-refractivity contribution in [1.82, 2.24) is 10.2 Å². The number of sulfone groups is 1. The molecule has 0 spiro atoms. The predicted molar refractivity (Wildman–Crippen MR) is 213 cm³/mol. The lowest BCUT2D eigenvalue weighted by Gasteiger charge is -2.72. The van der Waals surface area contributed by atoms with Gasteiger partial charge in [0.15, 0.2) is 9.84 Å². The summed E-state index contributed by atoms with van der Waals surface area (Å²) in [6.45, 7) is 24.5. The summed E-state index contributed by atoms with van der Waals surface area (Å²) >= 11 is 0. The molecular formula is C45H71FN2O4S. The van der Waals surface area contributed by atoms with Crippen LogP contribution in [0.1, 0.15) is 126 Å². The molecule has 0 amide bonds. The number of hydrogen-bond donors (Lipinski definition) is 1. The van der Waals surface area contributed by atoms with Gasteiger partial charge in [-0.05, 0) is 153 Å². The molecule has 7 rings (SSSR count). The standard InChI is InChI=1S/C45H71FN2O4S/c1-9-52-39(49)44(30-46)19-12-32(13-20-44)34-15-17-41(6)36(40(34,4)5)16-18-43(8)37(41)11-10-35-38-33(31(2)3)14-21-45(38,23-22-42(35,43)7)47-24-25-48-26-28-53(50,51)29-27-48/h12,15,33,35-38,47H,2,9-11,13-14,16-30H2,1,3-8H3/t33-,35+,36-,37+,38+,41-,42+,43+,44?,45-/m0/s1. The first-order chi connectivity index (χ1) is 24.9. The van der Waals surface area contributed by atoms with E-state index in [0.717, 1.165) is 25.9 Å². The third-order valence-electron chi connectivity index (χ3n) is 17.9. The number of nitrogens with zero attached hydrogens (tertiary/aromatic N) is 1. The van der Waals surface area contributed by atoms with Crippen LogP contribution in [0.5, 0.6) is 0 Å². The van der Waals surface area contributed by atoms with Gasteiger partial charge in [0.05, 0.1) is 23.5 Å². The van der Waals surface area contributed by atoms with E-state index in [-0.39, 0.29) is 33.2 Å². The number of rotatable bonds is 9. The predicted octanol–water partition coefficient (Wildman–Crippen LogP) is 8.88. The summed E-state index contributed by atoms with van der Waals surface area (Å²) in [6, 6.07) is 0. The van der Waals surface area contributed by atoms with Crippen LogP contribution in [0.15, 0.2) is 35.5 Å². The summed E-state index contributed by atoms with van der Waals surface area (Å²) < 4.78 is 43.8. The number of carbonyl (C=O) groups excluding carboxylic acids is 1. The lowest BCUT2D eigenvalue weighted by atomic mass is 9.33. The highest BCUT2D eigenvalue weighted by molar-refractivity contribution is 7.91. The molecule has 0 aromatic heterocycles. The zero-order valence-corrected chi connectivity index (χ0v) is 35.1. The fourth-order valence-corrected chi connectivity index (χ4v) is 16.1. The number of alkyl halides is 1. The minimum atomic E-state index is -2.87. The number of carbonyl (C=O) groups is 1. The van der Waals surface area contributed by atoms with E-state index >= 15 is 0 Å². The maximum Gasteiger partial charge on any atom is 0.315 e. The van der Waals surface area contributed by atoms with Crippen LogP contribution in [0.2, 0.25) is 0 Å². The van der Waals surface area contributed by atoms with Crippen molar-refractivity contribution in [3.63, 3.8) is 0 Å². The Kier molecular flexibility index (Phi) is 10.4. The SMILES string of the molecule is C=C(C)[C@@H]1CC[C@]2(NCCN3CCS(=O)(=O)CC3)CC[C@]3(C)[C@H](CC[C@@H]4[C@@]5(C)CC=C(C6=CCC(CF)(C(=O)OCC)CC6)C(C)(C)[C@@H]5CC[C@]43C)[C@@H]12. The Hall–Kier alpha value is -1.51. The van der Waals surface area contributed by atoms with Gasteiger partial charge < -0.3 is 15.0 Å². The van der Waals surface area contributed by atoms with Gasteiger partial charge in [-0.2, -0.15) is 0 Å². The molecular weight excluding hydrogens is 684 g/mol. The molecule has 0 bridgehead atoms. The molecule has 0 aromatic carbocycles. The molecule has 0 radical (unpaired) electrons. The number of hydrogen-bond acceptors (Lipinski definition) is 6. The Morgan fingerprint density at radius 2 is 1.68 bits per heavy atom. The first kappa shape index (κ1) is 39.7. The number of esters is 1. The van der Waals surface area contributed by atoms with Gasteiger partial charge in [0.25, 0.3) is 0 Å². The molecule has 1 unspecified atom stereocenters. The van der Waals surface area contributed by atoms with Gasteiger partial charge >= 0.3 is 5.97 Å². The fourth-order valence-electron chi connectivity index (χ4n) is 14.8. The van der Waals surface area contributed by atoms with E-state index in [2.05, 4.69) is 70.5 Å². The smallest absolute Gasteiger partial charge is 0.315 e. The topological polar surface area (TPSA) is 75.7 Å². The Bertz CT molecular complexity index is 1620. The Labute approximate surface area is 321 Å². The van der Waals surface area contributed by atoms with Crippen LogP contribution in [-0.4, -0.2) is 75.8 Å². The molecule has 4 saturated carbocycles. The fraction of sp³-hybridized carbons (Fsp3) is 0.844. The van der Waals surface area contributed by atoms with Crippen molar-refractivity contribution in [2.75, 3.05) is 51.0 Å². The molecule has 53 heavy (non-hydrogen) atoms. The first-order valence-electron chi connectivity index (χ1n) is 21.4. The molecule has 5 fully saturated rings. The van der Waals surface area contributed by atoms with Crippen LogP contribution in [0.3, 0.4) is 0 Å². The van der Waals surface area contributed by atoms with Gasteiger partial charge in [0, 0.05) is 31.7 Å². The molecule has 8 heteroatoms. The molecule has 1 N–H and O–H groups in total. The average Bonchev–Trinajstić information content (AvgIpc) is 3.49. The van der Waals surface area contributed by atoms with Gasteiger partial charge in [-0.15, -0.1) is 0 Å². The van der Waals surface area contributed by atoms with Crippen LogP contribution in [0.4, 0.5) is 4.39 Å². The lowest BCUT2D eigenvalue weighted by molar-refractivity contribution is -0.221. The number of ether oxygens (including phenoxy) is 1. The van der Waals surface area contributed by atoms with Crippen molar-refractivity contribution in [2.45, 2.75) is 131 Å². The van der Waals surface area contributed by atoms with E-state index in [0.29, 0.717) is 73.6 Å². The quantitative estimate of drug-likeness (QED) is 0.187. The van der Waals surface area contributed by atoms with E-state index in [9.17, 15) is 17.6 Å². The van der Waals surface area contributed by atoms with Crippen molar-refractivity contribution in [2.24, 2.45) is 56.7 Å². The van der Waals surface area contributed by atoms with E-state index in [1.165, 1.54) is 68.1 Å². The Morgan fingerprint density at radius 3 is 2.32 bits per heavy atom. The summed E-state index contributed by atoms with van der Waals surface area (Å²) in [5.74, 6) is 3.28. The molecule has 1 heterocycles. The highest BCUT2D eigenvalue weighted by Gasteiger charge is 2.70. The van der Waals surface area contributed by atoms with E-state index in [1.54, 1.807) is 6.92 Å². The van der Waals surface area contributed by atoms with Crippen LogP contribution < -0.4 is 5.32 Å². The monoisotopic (exact) mass is 755 g/mol. The number of nitrogens with one attached hydrogen (secondary N) is 1. The summed E-state index contributed by atoms with van der Waals surface area (Å²) in [5, 5.41) is 4.21. The van der Waals surface area contributed by atoms with Crippen LogP contribution in [0, 0.1) is 56.7 Å². The van der Waals surface area contributed by atoms with Gasteiger partial charge in [0.1, 0.15) is 6.67 Å². The van der Waals surface area contributed by atoms with Gasteiger partial charge in [-0.1, -0.05) is 58.9 Å². The van der Waals surface area contributed by atoms with Crippen molar-refractivity contribution in [1.29, 1.82) is 0 Å². The van der Waals surface area contributed by atoms with Gasteiger partial charge in [-0.25, -0.2) is 12.8 Å². The second-order valence-corrected chi connectivity index (χ2v) is 22.7. The summed E-state index contributed by atoms with van der Waals surface area (Å²) in [5.41, 5.74) is 4.03. The molecule has 298 valence electrons. The van der Waals surface area contributed by atoms with Crippen molar-refractivity contribution < 1.29 is 22.3 Å². The van der Waals surface area contributed by atoms with Gasteiger partial charge in [0.2, 0.25) is 0 Å². The van der Waals surface area contributed by atoms with E-state index < -0.39 is 21.9 Å². The first-order valence-corrected chi connectivity index (χ1v) is 23.2. The minimum absolute atomic E-state index is 0.0121.